The molecule has 2 unspecified atom stereocenters. The fourth-order valence-corrected chi connectivity index (χ4v) is 7.83. The Morgan fingerprint density at radius 2 is 1.63 bits per heavy atom. The molecule has 3 N–H and O–H groups in total. The number of fused-ring (bicyclic) bond motifs is 1. The highest BCUT2D eigenvalue weighted by molar-refractivity contribution is 5.96. The van der Waals surface area contributed by atoms with Gasteiger partial charge in [0.2, 0.25) is 5.88 Å². The van der Waals surface area contributed by atoms with Crippen molar-refractivity contribution >= 4 is 11.8 Å². The van der Waals surface area contributed by atoms with Gasteiger partial charge in [0.05, 0.1) is 6.20 Å². The average molecular weight is 694 g/mol. The Hall–Kier alpha value is -4.61. The van der Waals surface area contributed by atoms with E-state index in [4.69, 9.17) is 4.74 Å². The summed E-state index contributed by atoms with van der Waals surface area (Å²) in [5, 5.41) is 14.2. The Morgan fingerprint density at radius 1 is 0.922 bits per heavy atom. The molecular weight excluding hydrogens is 645 g/mol. The number of piperazine rings is 1. The van der Waals surface area contributed by atoms with Crippen LogP contribution in [0.5, 0.6) is 11.6 Å². The van der Waals surface area contributed by atoms with Gasteiger partial charge in [-0.2, -0.15) is 5.10 Å². The van der Waals surface area contributed by atoms with Crippen molar-refractivity contribution in [1.82, 2.24) is 35.6 Å². The number of hydrogen-bond donors (Lipinski definition) is 3. The van der Waals surface area contributed by atoms with Crippen LogP contribution in [0.25, 0.3) is 11.1 Å². The maximum Gasteiger partial charge on any atom is 0.272 e. The summed E-state index contributed by atoms with van der Waals surface area (Å²) in [6.45, 7) is 8.60. The molecule has 1 saturated carbocycles. The van der Waals surface area contributed by atoms with Gasteiger partial charge in [0.25, 0.3) is 11.8 Å². The topological polar surface area (TPSA) is 113 Å². The minimum atomic E-state index is -0.615. The Bertz CT molecular complexity index is 1820. The van der Waals surface area contributed by atoms with Crippen molar-refractivity contribution in [3.63, 3.8) is 0 Å². The van der Waals surface area contributed by atoms with Crippen LogP contribution in [0.1, 0.15) is 84.5 Å². The number of nitrogens with one attached hydrogen (secondary N) is 3. The number of amides is 2. The predicted octanol–water partition coefficient (Wildman–Crippen LogP) is 5.91. The second-order valence-corrected chi connectivity index (χ2v) is 14.5. The maximum absolute atomic E-state index is 14.4. The molecule has 2 aromatic heterocycles. The molecule has 2 amide bonds. The largest absolute Gasteiger partial charge is 0.438 e. The summed E-state index contributed by atoms with van der Waals surface area (Å²) in [5.74, 6) is -0.655. The van der Waals surface area contributed by atoms with Crippen molar-refractivity contribution < 1.29 is 18.7 Å². The van der Waals surface area contributed by atoms with E-state index in [9.17, 15) is 14.0 Å². The average Bonchev–Trinajstić information content (AvgIpc) is 3.73. The molecule has 1 saturated heterocycles. The molecule has 2 fully saturated rings. The van der Waals surface area contributed by atoms with Crippen LogP contribution in [0.4, 0.5) is 4.39 Å². The number of carbonyl (C=O) groups excluding carboxylic acids is 2. The Morgan fingerprint density at radius 3 is 2.37 bits per heavy atom. The van der Waals surface area contributed by atoms with Gasteiger partial charge in [0.1, 0.15) is 22.8 Å². The van der Waals surface area contributed by atoms with Gasteiger partial charge in [-0.05, 0) is 113 Å². The minimum absolute atomic E-state index is 0.00931. The number of aryl methyl sites for hydroxylation is 3. The molecule has 0 bridgehead atoms. The normalized spacial score (nSPS) is 21.9. The van der Waals surface area contributed by atoms with E-state index >= 15 is 0 Å². The van der Waals surface area contributed by atoms with Gasteiger partial charge in [-0.3, -0.25) is 14.3 Å². The molecule has 0 radical (unpaired) electrons. The number of benzene rings is 2. The van der Waals surface area contributed by atoms with E-state index in [1.54, 1.807) is 0 Å². The molecule has 1 aliphatic carbocycles. The number of halogens is 1. The van der Waals surface area contributed by atoms with E-state index in [2.05, 4.69) is 69.0 Å². The number of nitrogens with zero attached hydrogens (tertiary/aromatic N) is 4. The molecule has 2 aliphatic heterocycles. The molecule has 3 aliphatic rings. The van der Waals surface area contributed by atoms with Gasteiger partial charge in [0, 0.05) is 49.5 Å². The maximum atomic E-state index is 14.4. The lowest BCUT2D eigenvalue weighted by atomic mass is 9.91. The standard InChI is InChI=1S/C40H48FN7O3/c1-26-24-47(25-27(2)43-26)17-5-8-28-7-3-9-29(19-28)30-10-4-12-35(20-30)51-40-36(21-31(41)23-42-40)38(49)44-32-13-15-33(16-14-32)45-39(50)37-22-34-11-6-18-48(34)46-37/h3-4,7,9-10,12,19-23,26-27,32-33,43H,5-6,8,11,13-18,24-25H2,1-2H3,(H,44,49)(H,45,50). The first-order valence-corrected chi connectivity index (χ1v) is 18.5. The van der Waals surface area contributed by atoms with Crippen molar-refractivity contribution in [2.45, 2.75) is 95.9 Å². The highest BCUT2D eigenvalue weighted by Crippen LogP contribution is 2.30. The van der Waals surface area contributed by atoms with Crippen LogP contribution in [0.2, 0.25) is 0 Å². The van der Waals surface area contributed by atoms with Crippen LogP contribution >= 0.6 is 0 Å². The van der Waals surface area contributed by atoms with E-state index in [-0.39, 0.29) is 29.4 Å². The summed E-state index contributed by atoms with van der Waals surface area (Å²) < 4.78 is 22.4. The first kappa shape index (κ1) is 34.8. The van der Waals surface area contributed by atoms with E-state index in [1.165, 1.54) is 11.6 Å². The third-order valence-electron chi connectivity index (χ3n) is 10.2. The first-order chi connectivity index (χ1) is 24.8. The van der Waals surface area contributed by atoms with Gasteiger partial charge in [-0.25, -0.2) is 9.37 Å². The monoisotopic (exact) mass is 693 g/mol. The van der Waals surface area contributed by atoms with Crippen molar-refractivity contribution in [1.29, 1.82) is 0 Å². The smallest absolute Gasteiger partial charge is 0.272 e. The Kier molecular flexibility index (Phi) is 10.7. The third-order valence-corrected chi connectivity index (χ3v) is 10.2. The summed E-state index contributed by atoms with van der Waals surface area (Å²) in [4.78, 5) is 32.9. The summed E-state index contributed by atoms with van der Waals surface area (Å²) in [6, 6.07) is 20.2. The van der Waals surface area contributed by atoms with Gasteiger partial charge in [-0.15, -0.1) is 0 Å². The third kappa shape index (κ3) is 8.83. The van der Waals surface area contributed by atoms with Crippen molar-refractivity contribution in [2.24, 2.45) is 0 Å². The van der Waals surface area contributed by atoms with E-state index in [0.717, 1.165) is 87.7 Å². The number of rotatable bonds is 11. The summed E-state index contributed by atoms with van der Waals surface area (Å²) in [5.41, 5.74) is 4.95. The van der Waals surface area contributed by atoms with Crippen LogP contribution in [-0.2, 0) is 19.4 Å². The van der Waals surface area contributed by atoms with Gasteiger partial charge in [-0.1, -0.05) is 36.4 Å². The van der Waals surface area contributed by atoms with Crippen LogP contribution in [0, 0.1) is 5.82 Å². The van der Waals surface area contributed by atoms with Crippen LogP contribution in [0.3, 0.4) is 0 Å². The number of carbonyl (C=O) groups is 2. The SMILES string of the molecule is CC1CN(CCCc2cccc(-c3cccc(Oc4ncc(F)cc4C(=O)NC4CCC(NC(=O)c5cc6n(n5)CCC6)CC4)c3)c2)CC(C)N1. The van der Waals surface area contributed by atoms with E-state index in [0.29, 0.717) is 36.4 Å². The lowest BCUT2D eigenvalue weighted by Crippen LogP contribution is -2.54. The van der Waals surface area contributed by atoms with Gasteiger partial charge >= 0.3 is 0 Å². The van der Waals surface area contributed by atoms with Crippen LogP contribution in [0.15, 0.2) is 66.9 Å². The van der Waals surface area contributed by atoms with E-state index < -0.39 is 11.7 Å². The molecule has 268 valence electrons. The number of ether oxygens (including phenoxy) is 1. The molecule has 4 aromatic rings. The van der Waals surface area contributed by atoms with Gasteiger partial charge < -0.3 is 25.6 Å². The molecule has 0 spiro atoms. The fourth-order valence-electron chi connectivity index (χ4n) is 7.83. The number of aromatic nitrogens is 3. The molecule has 4 heterocycles. The number of hydrogen-bond acceptors (Lipinski definition) is 7. The fraction of sp³-hybridized carbons (Fsp3) is 0.450. The quantitative estimate of drug-likeness (QED) is 0.179. The molecule has 51 heavy (non-hydrogen) atoms. The summed E-state index contributed by atoms with van der Waals surface area (Å²) in [7, 11) is 0. The van der Waals surface area contributed by atoms with Crippen LogP contribution < -0.4 is 20.7 Å². The molecule has 7 rings (SSSR count). The molecular formula is C40H48FN7O3. The van der Waals surface area contributed by atoms with Crippen LogP contribution in [-0.4, -0.2) is 75.3 Å². The highest BCUT2D eigenvalue weighted by atomic mass is 19.1. The zero-order valence-electron chi connectivity index (χ0n) is 29.5. The zero-order chi connectivity index (χ0) is 35.3. The Balaban J connectivity index is 0.938. The van der Waals surface area contributed by atoms with Crippen molar-refractivity contribution in [3.05, 3.63) is 95.2 Å². The summed E-state index contributed by atoms with van der Waals surface area (Å²) in [6.07, 6.45) is 7.99. The Labute approximate surface area is 299 Å². The predicted molar refractivity (Wildman–Crippen MR) is 194 cm³/mol. The molecule has 2 aromatic carbocycles. The zero-order valence-corrected chi connectivity index (χ0v) is 29.5. The molecule has 2 atom stereocenters. The lowest BCUT2D eigenvalue weighted by Gasteiger charge is -2.36. The number of pyridine rings is 1. The lowest BCUT2D eigenvalue weighted by molar-refractivity contribution is 0.0887. The summed E-state index contributed by atoms with van der Waals surface area (Å²) >= 11 is 0. The van der Waals surface area contributed by atoms with E-state index in [1.807, 2.05) is 35.0 Å². The second kappa shape index (κ2) is 15.7. The molecule has 11 heteroatoms. The van der Waals surface area contributed by atoms with Crippen molar-refractivity contribution in [2.75, 3.05) is 19.6 Å². The minimum Gasteiger partial charge on any atom is -0.438 e. The highest BCUT2D eigenvalue weighted by Gasteiger charge is 2.27. The molecule has 10 nitrogen and oxygen atoms in total. The first-order valence-electron chi connectivity index (χ1n) is 18.5. The van der Waals surface area contributed by atoms with Crippen molar-refractivity contribution in [3.8, 4) is 22.8 Å². The second-order valence-electron chi connectivity index (χ2n) is 14.5. The van der Waals surface area contributed by atoms with Gasteiger partial charge in [0.15, 0.2) is 0 Å².